The first-order valence-electron chi connectivity index (χ1n) is 8.88. The lowest BCUT2D eigenvalue weighted by Crippen LogP contribution is -2.33. The van der Waals surface area contributed by atoms with Crippen molar-refractivity contribution in [2.75, 3.05) is 13.2 Å². The Morgan fingerprint density at radius 3 is 2.55 bits per heavy atom. The molecule has 7 nitrogen and oxygen atoms in total. The van der Waals surface area contributed by atoms with Crippen LogP contribution in [-0.2, 0) is 16.2 Å². The number of nitrogens with zero attached hydrogens (tertiary/aromatic N) is 1. The SMILES string of the molecule is CCOc1cc(/C=C2/SC(=O)N(CC(=O)O)C2=O)ccc1OCc1ccccc1. The highest BCUT2D eigenvalue weighted by molar-refractivity contribution is 8.18. The monoisotopic (exact) mass is 413 g/mol. The number of aliphatic carboxylic acids is 1. The predicted octanol–water partition coefficient (Wildman–Crippen LogP) is 3.79. The van der Waals surface area contributed by atoms with E-state index in [1.165, 1.54) is 6.08 Å². The molecule has 1 heterocycles. The van der Waals surface area contributed by atoms with Crippen molar-refractivity contribution in [3.63, 3.8) is 0 Å². The zero-order valence-corrected chi connectivity index (χ0v) is 16.5. The van der Waals surface area contributed by atoms with Gasteiger partial charge in [-0.25, -0.2) is 0 Å². The molecule has 2 amide bonds. The van der Waals surface area contributed by atoms with Crippen LogP contribution in [0.1, 0.15) is 18.1 Å². The molecule has 29 heavy (non-hydrogen) atoms. The van der Waals surface area contributed by atoms with Gasteiger partial charge in [-0.1, -0.05) is 36.4 Å². The number of carboxylic acids is 1. The quantitative estimate of drug-likeness (QED) is 0.658. The van der Waals surface area contributed by atoms with Crippen molar-refractivity contribution in [1.29, 1.82) is 0 Å². The maximum absolute atomic E-state index is 12.3. The molecule has 1 saturated heterocycles. The average Bonchev–Trinajstić information content (AvgIpc) is 2.95. The predicted molar refractivity (Wildman–Crippen MR) is 109 cm³/mol. The lowest BCUT2D eigenvalue weighted by molar-refractivity contribution is -0.140. The molecule has 1 N–H and O–H groups in total. The van der Waals surface area contributed by atoms with E-state index in [9.17, 15) is 14.4 Å². The number of rotatable bonds is 8. The van der Waals surface area contributed by atoms with Gasteiger partial charge < -0.3 is 14.6 Å². The fourth-order valence-corrected chi connectivity index (χ4v) is 3.50. The second-order valence-electron chi connectivity index (χ2n) is 6.08. The van der Waals surface area contributed by atoms with Gasteiger partial charge in [0.05, 0.1) is 11.5 Å². The van der Waals surface area contributed by atoms with E-state index < -0.39 is 23.7 Å². The summed E-state index contributed by atoms with van der Waals surface area (Å²) < 4.78 is 11.5. The smallest absolute Gasteiger partial charge is 0.323 e. The van der Waals surface area contributed by atoms with Crippen molar-refractivity contribution in [2.45, 2.75) is 13.5 Å². The topological polar surface area (TPSA) is 93.1 Å². The molecule has 0 atom stereocenters. The van der Waals surface area contributed by atoms with Crippen LogP contribution in [0.5, 0.6) is 11.5 Å². The third-order valence-electron chi connectivity index (χ3n) is 3.97. The van der Waals surface area contributed by atoms with Gasteiger partial charge >= 0.3 is 5.97 Å². The molecule has 0 aromatic heterocycles. The first-order valence-corrected chi connectivity index (χ1v) is 9.70. The molecular weight excluding hydrogens is 394 g/mol. The van der Waals surface area contributed by atoms with Crippen LogP contribution in [0.25, 0.3) is 6.08 Å². The standard InChI is InChI=1S/C21H19NO6S/c1-2-27-17-10-15(8-9-16(17)28-13-14-6-4-3-5-7-14)11-18-20(25)22(12-19(23)24)21(26)29-18/h3-11H,2,12-13H2,1H3,(H,23,24)/b18-11+. The van der Waals surface area contributed by atoms with Gasteiger partial charge in [-0.3, -0.25) is 19.3 Å². The molecule has 0 bridgehead atoms. The lowest BCUT2D eigenvalue weighted by atomic mass is 10.1. The Balaban J connectivity index is 1.79. The van der Waals surface area contributed by atoms with E-state index >= 15 is 0 Å². The van der Waals surface area contributed by atoms with Crippen LogP contribution in [-0.4, -0.2) is 40.3 Å². The van der Waals surface area contributed by atoms with E-state index in [4.69, 9.17) is 14.6 Å². The zero-order chi connectivity index (χ0) is 20.8. The second-order valence-corrected chi connectivity index (χ2v) is 7.07. The van der Waals surface area contributed by atoms with Crippen molar-refractivity contribution in [1.82, 2.24) is 4.90 Å². The van der Waals surface area contributed by atoms with Crippen LogP contribution in [0, 0.1) is 0 Å². The van der Waals surface area contributed by atoms with Gasteiger partial charge in [0, 0.05) is 0 Å². The Morgan fingerprint density at radius 2 is 1.86 bits per heavy atom. The molecule has 0 unspecified atom stereocenters. The van der Waals surface area contributed by atoms with Crippen molar-refractivity contribution in [3.05, 3.63) is 64.6 Å². The molecule has 0 aliphatic carbocycles. The Morgan fingerprint density at radius 1 is 1.10 bits per heavy atom. The van der Waals surface area contributed by atoms with E-state index in [0.29, 0.717) is 46.9 Å². The number of carbonyl (C=O) groups is 3. The number of hydrogen-bond donors (Lipinski definition) is 1. The Bertz CT molecular complexity index is 957. The fourth-order valence-electron chi connectivity index (χ4n) is 2.66. The number of carboxylic acid groups (broad SMARTS) is 1. The third-order valence-corrected chi connectivity index (χ3v) is 4.88. The largest absolute Gasteiger partial charge is 0.490 e. The van der Waals surface area contributed by atoms with Crippen molar-refractivity contribution in [3.8, 4) is 11.5 Å². The molecule has 0 radical (unpaired) electrons. The van der Waals surface area contributed by atoms with E-state index in [1.54, 1.807) is 18.2 Å². The molecule has 8 heteroatoms. The summed E-state index contributed by atoms with van der Waals surface area (Å²) in [5.41, 5.74) is 1.66. The molecule has 150 valence electrons. The van der Waals surface area contributed by atoms with Crippen LogP contribution in [0.3, 0.4) is 0 Å². The highest BCUT2D eigenvalue weighted by Gasteiger charge is 2.36. The fraction of sp³-hybridized carbons (Fsp3) is 0.190. The minimum atomic E-state index is -1.24. The van der Waals surface area contributed by atoms with Gasteiger partial charge in [0.2, 0.25) is 0 Å². The first-order chi connectivity index (χ1) is 14.0. The normalized spacial score (nSPS) is 15.1. The lowest BCUT2D eigenvalue weighted by Gasteiger charge is -2.13. The summed E-state index contributed by atoms with van der Waals surface area (Å²) in [6.07, 6.45) is 1.54. The number of amides is 2. The van der Waals surface area contributed by atoms with Crippen LogP contribution in [0.2, 0.25) is 0 Å². The molecule has 0 spiro atoms. The van der Waals surface area contributed by atoms with E-state index in [2.05, 4.69) is 0 Å². The van der Waals surface area contributed by atoms with Crippen LogP contribution in [0.15, 0.2) is 53.4 Å². The minimum Gasteiger partial charge on any atom is -0.490 e. The Kier molecular flexibility index (Phi) is 6.56. The highest BCUT2D eigenvalue weighted by Crippen LogP contribution is 2.34. The van der Waals surface area contributed by atoms with Gasteiger partial charge in [-0.05, 0) is 48.0 Å². The van der Waals surface area contributed by atoms with Crippen LogP contribution >= 0.6 is 11.8 Å². The number of ether oxygens (including phenoxy) is 2. The molecule has 1 fully saturated rings. The summed E-state index contributed by atoms with van der Waals surface area (Å²) in [5.74, 6) is -0.786. The average molecular weight is 413 g/mol. The molecule has 1 aliphatic rings. The molecule has 0 saturated carbocycles. The number of thioether (sulfide) groups is 1. The third kappa shape index (κ3) is 5.17. The van der Waals surface area contributed by atoms with E-state index in [-0.39, 0.29) is 4.91 Å². The van der Waals surface area contributed by atoms with Crippen molar-refractivity contribution >= 4 is 35.0 Å². The maximum atomic E-state index is 12.3. The first kappa shape index (κ1) is 20.5. The summed E-state index contributed by atoms with van der Waals surface area (Å²) >= 11 is 0.713. The van der Waals surface area contributed by atoms with Crippen LogP contribution < -0.4 is 9.47 Å². The number of hydrogen-bond acceptors (Lipinski definition) is 6. The van der Waals surface area contributed by atoms with Gasteiger partial charge in [-0.15, -0.1) is 0 Å². The van der Waals surface area contributed by atoms with E-state index in [0.717, 1.165) is 5.56 Å². The second kappa shape index (κ2) is 9.29. The minimum absolute atomic E-state index is 0.164. The van der Waals surface area contributed by atoms with E-state index in [1.807, 2.05) is 37.3 Å². The number of imide groups is 1. The summed E-state index contributed by atoms with van der Waals surface area (Å²) in [4.78, 5) is 35.9. The summed E-state index contributed by atoms with van der Waals surface area (Å²) in [6, 6.07) is 14.9. The van der Waals surface area contributed by atoms with Crippen molar-refractivity contribution < 1.29 is 29.0 Å². The summed E-state index contributed by atoms with van der Waals surface area (Å²) in [6.45, 7) is 2.01. The van der Waals surface area contributed by atoms with Gasteiger partial charge in [0.1, 0.15) is 13.2 Å². The van der Waals surface area contributed by atoms with Gasteiger partial charge in [0.25, 0.3) is 11.1 Å². The van der Waals surface area contributed by atoms with Crippen LogP contribution in [0.4, 0.5) is 4.79 Å². The maximum Gasteiger partial charge on any atom is 0.323 e. The highest BCUT2D eigenvalue weighted by atomic mass is 32.2. The molecule has 3 rings (SSSR count). The molecule has 2 aromatic carbocycles. The number of carbonyl (C=O) groups excluding carboxylic acids is 2. The molecule has 2 aromatic rings. The zero-order valence-electron chi connectivity index (χ0n) is 15.7. The summed E-state index contributed by atoms with van der Waals surface area (Å²) in [7, 11) is 0. The Labute approximate surface area is 171 Å². The molecular formula is C21H19NO6S. The Hall–Kier alpha value is -3.26. The van der Waals surface area contributed by atoms with Gasteiger partial charge in [0.15, 0.2) is 11.5 Å². The summed E-state index contributed by atoms with van der Waals surface area (Å²) in [5, 5.41) is 8.24. The van der Waals surface area contributed by atoms with Crippen molar-refractivity contribution in [2.24, 2.45) is 0 Å². The van der Waals surface area contributed by atoms with Gasteiger partial charge in [-0.2, -0.15) is 0 Å². The number of benzene rings is 2. The molecule has 1 aliphatic heterocycles.